The van der Waals surface area contributed by atoms with Crippen molar-refractivity contribution >= 4 is 32.7 Å². The van der Waals surface area contributed by atoms with Crippen LogP contribution in [0.25, 0.3) is 22.4 Å². The molecule has 0 radical (unpaired) electrons. The Hall–Kier alpha value is -2.99. The molecule has 0 saturated carbocycles. The zero-order valence-corrected chi connectivity index (χ0v) is 16.1. The van der Waals surface area contributed by atoms with E-state index in [1.165, 1.54) is 0 Å². The molecule has 1 aliphatic rings. The number of methoxy groups -OCH3 is 1. The number of nitrogens with one attached hydrogen (secondary N) is 1. The number of para-hydroxylation sites is 3. The first kappa shape index (κ1) is 16.2. The minimum atomic E-state index is -0.187. The standard InChI is InChI=1S/C21H16BrN3O2/c1-27-18-11-12(10-14(22)19(18)26)20-23-15-7-3-2-6-13(15)21-24-16-8-4-5-9-17(16)25(20)21/h2-11,20,23,26H,1H3/t20-/m1/s1. The number of nitrogens with zero attached hydrogens (tertiary/aromatic N) is 2. The number of hydrogen-bond donors (Lipinski definition) is 2. The third-order valence-electron chi connectivity index (χ3n) is 4.90. The highest BCUT2D eigenvalue weighted by molar-refractivity contribution is 9.10. The lowest BCUT2D eigenvalue weighted by molar-refractivity contribution is 0.371. The average molecular weight is 422 g/mol. The molecule has 0 spiro atoms. The third-order valence-corrected chi connectivity index (χ3v) is 5.51. The third kappa shape index (κ3) is 2.40. The van der Waals surface area contributed by atoms with E-state index < -0.39 is 0 Å². The summed E-state index contributed by atoms with van der Waals surface area (Å²) in [7, 11) is 1.55. The van der Waals surface area contributed by atoms with Crippen LogP contribution in [0.5, 0.6) is 11.5 Å². The summed E-state index contributed by atoms with van der Waals surface area (Å²) in [5.74, 6) is 1.43. The smallest absolute Gasteiger partial charge is 0.172 e. The van der Waals surface area contributed by atoms with Gasteiger partial charge in [0, 0.05) is 11.3 Å². The van der Waals surface area contributed by atoms with Crippen molar-refractivity contribution in [3.63, 3.8) is 0 Å². The zero-order chi connectivity index (χ0) is 18.5. The Morgan fingerprint density at radius 3 is 2.74 bits per heavy atom. The molecule has 0 aliphatic carbocycles. The molecule has 1 aromatic heterocycles. The van der Waals surface area contributed by atoms with E-state index in [0.717, 1.165) is 33.7 Å². The van der Waals surface area contributed by atoms with Gasteiger partial charge < -0.3 is 15.2 Å². The topological polar surface area (TPSA) is 59.3 Å². The van der Waals surface area contributed by atoms with E-state index >= 15 is 0 Å². The molecule has 0 bridgehead atoms. The first-order valence-electron chi connectivity index (χ1n) is 8.56. The van der Waals surface area contributed by atoms with Gasteiger partial charge in [0.15, 0.2) is 11.5 Å². The summed E-state index contributed by atoms with van der Waals surface area (Å²) in [4.78, 5) is 4.88. The SMILES string of the molecule is COc1cc([C@@H]2Nc3ccccc3-c3nc4ccccc4n32)cc(Br)c1O. The van der Waals surface area contributed by atoms with Crippen LogP contribution in [-0.4, -0.2) is 21.8 Å². The summed E-state index contributed by atoms with van der Waals surface area (Å²) in [5.41, 5.74) is 5.03. The number of phenols is 1. The molecule has 1 atom stereocenters. The second-order valence-corrected chi connectivity index (χ2v) is 7.29. The van der Waals surface area contributed by atoms with Crippen LogP contribution in [0.15, 0.2) is 65.1 Å². The Kier molecular flexibility index (Phi) is 3.62. The van der Waals surface area contributed by atoms with Gasteiger partial charge in [-0.3, -0.25) is 4.57 Å². The normalized spacial score (nSPS) is 15.1. The minimum absolute atomic E-state index is 0.0909. The van der Waals surface area contributed by atoms with Crippen LogP contribution in [0.2, 0.25) is 0 Å². The van der Waals surface area contributed by atoms with Crippen molar-refractivity contribution in [2.75, 3.05) is 12.4 Å². The second-order valence-electron chi connectivity index (χ2n) is 6.44. The molecule has 1 aliphatic heterocycles. The maximum absolute atomic E-state index is 10.2. The van der Waals surface area contributed by atoms with Crippen LogP contribution in [0, 0.1) is 0 Å². The van der Waals surface area contributed by atoms with Crippen LogP contribution in [0.1, 0.15) is 11.7 Å². The fourth-order valence-corrected chi connectivity index (χ4v) is 4.11. The highest BCUT2D eigenvalue weighted by Gasteiger charge is 2.29. The molecule has 5 rings (SSSR count). The predicted molar refractivity (Wildman–Crippen MR) is 109 cm³/mol. The monoisotopic (exact) mass is 421 g/mol. The number of anilines is 1. The summed E-state index contributed by atoms with van der Waals surface area (Å²) in [6.45, 7) is 0. The number of benzene rings is 3. The second kappa shape index (κ2) is 6.03. The van der Waals surface area contributed by atoms with Gasteiger partial charge >= 0.3 is 0 Å². The Balaban J connectivity index is 1.80. The number of rotatable bonds is 2. The molecule has 0 unspecified atom stereocenters. The lowest BCUT2D eigenvalue weighted by Crippen LogP contribution is -2.24. The first-order valence-corrected chi connectivity index (χ1v) is 9.36. The van der Waals surface area contributed by atoms with E-state index in [-0.39, 0.29) is 11.9 Å². The molecule has 0 fully saturated rings. The van der Waals surface area contributed by atoms with E-state index in [1.807, 2.05) is 42.5 Å². The van der Waals surface area contributed by atoms with E-state index in [9.17, 15) is 5.11 Å². The number of aromatic hydroxyl groups is 1. The van der Waals surface area contributed by atoms with E-state index in [0.29, 0.717) is 10.2 Å². The van der Waals surface area contributed by atoms with Crippen molar-refractivity contribution in [3.8, 4) is 22.9 Å². The molecular weight excluding hydrogens is 406 g/mol. The maximum atomic E-state index is 10.2. The molecule has 6 heteroatoms. The van der Waals surface area contributed by atoms with Crippen LogP contribution >= 0.6 is 15.9 Å². The molecule has 0 saturated heterocycles. The fraction of sp³-hybridized carbons (Fsp3) is 0.0952. The maximum Gasteiger partial charge on any atom is 0.172 e. The van der Waals surface area contributed by atoms with Gasteiger partial charge in [0.25, 0.3) is 0 Å². The Labute approximate surface area is 164 Å². The van der Waals surface area contributed by atoms with E-state index in [1.54, 1.807) is 7.11 Å². The molecule has 134 valence electrons. The summed E-state index contributed by atoms with van der Waals surface area (Å²) >= 11 is 3.43. The van der Waals surface area contributed by atoms with Crippen molar-refractivity contribution < 1.29 is 9.84 Å². The van der Waals surface area contributed by atoms with Crippen molar-refractivity contribution in [2.24, 2.45) is 0 Å². The van der Waals surface area contributed by atoms with E-state index in [2.05, 4.69) is 44.0 Å². The highest BCUT2D eigenvalue weighted by Crippen LogP contribution is 2.43. The highest BCUT2D eigenvalue weighted by atomic mass is 79.9. The quantitative estimate of drug-likeness (QED) is 0.469. The van der Waals surface area contributed by atoms with Gasteiger partial charge in [0.1, 0.15) is 12.0 Å². The van der Waals surface area contributed by atoms with Crippen LogP contribution < -0.4 is 10.1 Å². The molecule has 2 heterocycles. The molecule has 3 aromatic carbocycles. The number of imidazole rings is 1. The average Bonchev–Trinajstić information content (AvgIpc) is 3.09. The Morgan fingerprint density at radius 1 is 1.11 bits per heavy atom. The summed E-state index contributed by atoms with van der Waals surface area (Å²) in [6.07, 6.45) is -0.187. The number of fused-ring (bicyclic) bond motifs is 5. The van der Waals surface area contributed by atoms with Crippen molar-refractivity contribution in [1.82, 2.24) is 9.55 Å². The Bertz CT molecular complexity index is 1190. The van der Waals surface area contributed by atoms with Crippen LogP contribution in [-0.2, 0) is 0 Å². The number of halogens is 1. The molecule has 2 N–H and O–H groups in total. The first-order chi connectivity index (χ1) is 13.2. The van der Waals surface area contributed by atoms with Crippen LogP contribution in [0.4, 0.5) is 5.69 Å². The van der Waals surface area contributed by atoms with Gasteiger partial charge in [-0.05, 0) is 57.9 Å². The van der Waals surface area contributed by atoms with Gasteiger partial charge in [-0.2, -0.15) is 0 Å². The van der Waals surface area contributed by atoms with Crippen molar-refractivity contribution in [3.05, 3.63) is 70.7 Å². The van der Waals surface area contributed by atoms with Gasteiger partial charge in [-0.15, -0.1) is 0 Å². The van der Waals surface area contributed by atoms with Crippen molar-refractivity contribution in [2.45, 2.75) is 6.17 Å². The van der Waals surface area contributed by atoms with E-state index in [4.69, 9.17) is 9.72 Å². The number of hydrogen-bond acceptors (Lipinski definition) is 4. The van der Waals surface area contributed by atoms with Crippen LogP contribution in [0.3, 0.4) is 0 Å². The lowest BCUT2D eigenvalue weighted by Gasteiger charge is -2.30. The molecule has 5 nitrogen and oxygen atoms in total. The van der Waals surface area contributed by atoms with Gasteiger partial charge in [0.2, 0.25) is 0 Å². The fourth-order valence-electron chi connectivity index (χ4n) is 3.65. The Morgan fingerprint density at radius 2 is 1.89 bits per heavy atom. The van der Waals surface area contributed by atoms with Gasteiger partial charge in [-0.1, -0.05) is 24.3 Å². The molecular formula is C21H16BrN3O2. The lowest BCUT2D eigenvalue weighted by atomic mass is 10.1. The predicted octanol–water partition coefficient (Wildman–Crippen LogP) is 5.15. The summed E-state index contributed by atoms with van der Waals surface area (Å²) < 4.78 is 8.13. The summed E-state index contributed by atoms with van der Waals surface area (Å²) in [6, 6.07) is 20.0. The minimum Gasteiger partial charge on any atom is -0.503 e. The molecule has 4 aromatic rings. The zero-order valence-electron chi connectivity index (χ0n) is 14.5. The van der Waals surface area contributed by atoms with Crippen molar-refractivity contribution in [1.29, 1.82) is 0 Å². The summed E-state index contributed by atoms with van der Waals surface area (Å²) in [5, 5.41) is 13.8. The largest absolute Gasteiger partial charge is 0.503 e. The van der Waals surface area contributed by atoms with Gasteiger partial charge in [0.05, 0.1) is 22.6 Å². The number of phenolic OH excluding ortho intramolecular Hbond substituents is 1. The number of ether oxygens (including phenoxy) is 1. The van der Waals surface area contributed by atoms with Gasteiger partial charge in [-0.25, -0.2) is 4.98 Å². The molecule has 0 amide bonds. The number of aromatic nitrogens is 2. The molecule has 27 heavy (non-hydrogen) atoms.